The average Bonchev–Trinajstić information content (AvgIpc) is 2.70. The zero-order valence-corrected chi connectivity index (χ0v) is 12.0. The van der Waals surface area contributed by atoms with Crippen molar-refractivity contribution in [1.29, 1.82) is 0 Å². The molecule has 102 valence electrons. The third-order valence-corrected chi connectivity index (χ3v) is 3.30. The van der Waals surface area contributed by atoms with Crippen LogP contribution in [0, 0.1) is 11.8 Å². The maximum absolute atomic E-state index is 5.98. The summed E-state index contributed by atoms with van der Waals surface area (Å²) in [7, 11) is 0. The van der Waals surface area contributed by atoms with Crippen molar-refractivity contribution in [2.24, 2.45) is 17.6 Å². The molecule has 0 aliphatic carbocycles. The molecule has 0 radical (unpaired) electrons. The van der Waals surface area contributed by atoms with Crippen molar-refractivity contribution in [2.75, 3.05) is 26.2 Å². The second kappa shape index (κ2) is 7.34. The fourth-order valence-electron chi connectivity index (χ4n) is 2.73. The number of nitrogens with two attached hydrogens (primary N) is 1. The molecule has 3 nitrogen and oxygen atoms in total. The van der Waals surface area contributed by atoms with E-state index in [1.54, 1.807) is 0 Å². The van der Waals surface area contributed by atoms with Gasteiger partial charge in [0.1, 0.15) is 0 Å². The van der Waals surface area contributed by atoms with Crippen molar-refractivity contribution in [1.82, 2.24) is 4.90 Å². The highest BCUT2D eigenvalue weighted by Crippen LogP contribution is 2.21. The molecule has 17 heavy (non-hydrogen) atoms. The van der Waals surface area contributed by atoms with E-state index in [-0.39, 0.29) is 0 Å². The average molecular weight is 242 g/mol. The topological polar surface area (TPSA) is 38.5 Å². The maximum atomic E-state index is 5.98. The molecule has 1 rings (SSSR count). The third kappa shape index (κ3) is 4.94. The Bertz CT molecular complexity index is 190. The molecule has 0 saturated carbocycles. The predicted molar refractivity (Wildman–Crippen MR) is 73.1 cm³/mol. The standard InChI is InChI=1S/C14H30N2O/c1-11(2)9-16(10-12(3)4)13(8-15)14-6-5-7-17-14/h11-14H,5-10,15H2,1-4H3. The monoisotopic (exact) mass is 242 g/mol. The van der Waals surface area contributed by atoms with E-state index < -0.39 is 0 Å². The van der Waals surface area contributed by atoms with Crippen LogP contribution < -0.4 is 5.73 Å². The van der Waals surface area contributed by atoms with Crippen molar-refractivity contribution in [2.45, 2.75) is 52.7 Å². The molecule has 1 saturated heterocycles. The van der Waals surface area contributed by atoms with E-state index >= 15 is 0 Å². The molecule has 3 heteroatoms. The second-order valence-corrected chi connectivity index (χ2v) is 6.10. The van der Waals surface area contributed by atoms with Gasteiger partial charge in [0.25, 0.3) is 0 Å². The first kappa shape index (κ1) is 14.9. The number of hydrogen-bond acceptors (Lipinski definition) is 3. The van der Waals surface area contributed by atoms with Gasteiger partial charge in [-0.3, -0.25) is 4.90 Å². The first-order valence-corrected chi connectivity index (χ1v) is 7.10. The fraction of sp³-hybridized carbons (Fsp3) is 1.00. The van der Waals surface area contributed by atoms with Gasteiger partial charge in [0.2, 0.25) is 0 Å². The highest BCUT2D eigenvalue weighted by Gasteiger charge is 2.30. The lowest BCUT2D eigenvalue weighted by Crippen LogP contribution is -2.50. The van der Waals surface area contributed by atoms with Crippen LogP contribution in [0.2, 0.25) is 0 Å². The van der Waals surface area contributed by atoms with Gasteiger partial charge in [0.05, 0.1) is 6.10 Å². The van der Waals surface area contributed by atoms with Crippen LogP contribution in [0.15, 0.2) is 0 Å². The molecule has 2 unspecified atom stereocenters. The quantitative estimate of drug-likeness (QED) is 0.743. The van der Waals surface area contributed by atoms with Gasteiger partial charge >= 0.3 is 0 Å². The zero-order valence-electron chi connectivity index (χ0n) is 12.0. The van der Waals surface area contributed by atoms with Gasteiger partial charge in [0.15, 0.2) is 0 Å². The summed E-state index contributed by atoms with van der Waals surface area (Å²) in [6.07, 6.45) is 2.73. The molecule has 1 aliphatic heterocycles. The SMILES string of the molecule is CC(C)CN(CC(C)C)C(CN)C1CCCO1. The van der Waals surface area contributed by atoms with E-state index in [9.17, 15) is 0 Å². The minimum absolute atomic E-state index is 0.359. The van der Waals surface area contributed by atoms with Gasteiger partial charge in [-0.15, -0.1) is 0 Å². The lowest BCUT2D eigenvalue weighted by Gasteiger charge is -2.36. The molecule has 0 aromatic carbocycles. The molecule has 0 aromatic rings. The molecular weight excluding hydrogens is 212 g/mol. The summed E-state index contributed by atoms with van der Waals surface area (Å²) in [4.78, 5) is 2.55. The van der Waals surface area contributed by atoms with Gasteiger partial charge < -0.3 is 10.5 Å². The lowest BCUT2D eigenvalue weighted by atomic mass is 10.0. The molecule has 0 aromatic heterocycles. The summed E-state index contributed by atoms with van der Waals surface area (Å²) >= 11 is 0. The minimum atomic E-state index is 0.359. The third-order valence-electron chi connectivity index (χ3n) is 3.30. The van der Waals surface area contributed by atoms with Crippen LogP contribution in [0.4, 0.5) is 0 Å². The Morgan fingerprint density at radius 3 is 2.12 bits per heavy atom. The summed E-state index contributed by atoms with van der Waals surface area (Å²) in [6, 6.07) is 0.405. The zero-order chi connectivity index (χ0) is 12.8. The number of ether oxygens (including phenoxy) is 1. The second-order valence-electron chi connectivity index (χ2n) is 6.10. The van der Waals surface area contributed by atoms with E-state index in [4.69, 9.17) is 10.5 Å². The van der Waals surface area contributed by atoms with E-state index in [1.807, 2.05) is 0 Å². The van der Waals surface area contributed by atoms with Crippen molar-refractivity contribution in [3.05, 3.63) is 0 Å². The van der Waals surface area contributed by atoms with Gasteiger partial charge in [-0.2, -0.15) is 0 Å². The molecular formula is C14H30N2O. The molecule has 2 N–H and O–H groups in total. The van der Waals surface area contributed by atoms with E-state index in [2.05, 4.69) is 32.6 Å². The predicted octanol–water partition coefficient (Wildman–Crippen LogP) is 2.11. The highest BCUT2D eigenvalue weighted by molar-refractivity contribution is 4.84. The number of rotatable bonds is 7. The van der Waals surface area contributed by atoms with Crippen LogP contribution >= 0.6 is 0 Å². The Morgan fingerprint density at radius 2 is 1.76 bits per heavy atom. The Kier molecular flexibility index (Phi) is 6.45. The maximum Gasteiger partial charge on any atom is 0.0743 e. The van der Waals surface area contributed by atoms with Gasteiger partial charge in [0, 0.05) is 32.3 Å². The fourth-order valence-corrected chi connectivity index (χ4v) is 2.73. The first-order valence-electron chi connectivity index (χ1n) is 7.10. The van der Waals surface area contributed by atoms with Crippen LogP contribution in [0.3, 0.4) is 0 Å². The highest BCUT2D eigenvalue weighted by atomic mass is 16.5. The van der Waals surface area contributed by atoms with Crippen LogP contribution in [0.1, 0.15) is 40.5 Å². The minimum Gasteiger partial charge on any atom is -0.377 e. The Balaban J connectivity index is 2.62. The van der Waals surface area contributed by atoms with Crippen LogP contribution in [-0.4, -0.2) is 43.3 Å². The summed E-state index contributed by atoms with van der Waals surface area (Å²) in [5, 5.41) is 0. The van der Waals surface area contributed by atoms with Crippen LogP contribution in [-0.2, 0) is 4.74 Å². The summed E-state index contributed by atoms with van der Waals surface area (Å²) in [5.74, 6) is 1.37. The molecule has 1 fully saturated rings. The largest absolute Gasteiger partial charge is 0.377 e. The van der Waals surface area contributed by atoms with E-state index in [1.165, 1.54) is 12.8 Å². The van der Waals surface area contributed by atoms with Crippen molar-refractivity contribution >= 4 is 0 Å². The summed E-state index contributed by atoms with van der Waals surface area (Å²) in [6.45, 7) is 13.0. The lowest BCUT2D eigenvalue weighted by molar-refractivity contribution is 0.0180. The molecule has 2 atom stereocenters. The van der Waals surface area contributed by atoms with Gasteiger partial charge in [-0.1, -0.05) is 27.7 Å². The van der Waals surface area contributed by atoms with Crippen molar-refractivity contribution in [3.8, 4) is 0 Å². The first-order chi connectivity index (χ1) is 8.04. The normalized spacial score (nSPS) is 22.9. The van der Waals surface area contributed by atoms with Gasteiger partial charge in [-0.25, -0.2) is 0 Å². The number of nitrogens with zero attached hydrogens (tertiary/aromatic N) is 1. The molecule has 0 spiro atoms. The molecule has 0 bridgehead atoms. The summed E-state index contributed by atoms with van der Waals surface area (Å²) < 4.78 is 5.83. The van der Waals surface area contributed by atoms with E-state index in [0.717, 1.165) is 19.7 Å². The van der Waals surface area contributed by atoms with Crippen LogP contribution in [0.25, 0.3) is 0 Å². The molecule has 1 heterocycles. The number of hydrogen-bond donors (Lipinski definition) is 1. The van der Waals surface area contributed by atoms with Crippen molar-refractivity contribution in [3.63, 3.8) is 0 Å². The smallest absolute Gasteiger partial charge is 0.0743 e. The van der Waals surface area contributed by atoms with Crippen molar-refractivity contribution < 1.29 is 4.74 Å². The Labute approximate surface area is 107 Å². The van der Waals surface area contributed by atoms with Gasteiger partial charge in [-0.05, 0) is 24.7 Å². The molecule has 0 amide bonds. The van der Waals surface area contributed by atoms with Crippen LogP contribution in [0.5, 0.6) is 0 Å². The summed E-state index contributed by atoms with van der Waals surface area (Å²) in [5.41, 5.74) is 5.98. The molecule has 1 aliphatic rings. The Morgan fingerprint density at radius 1 is 1.18 bits per heavy atom. The Hall–Kier alpha value is -0.120. The van der Waals surface area contributed by atoms with E-state index in [0.29, 0.717) is 30.5 Å².